The highest BCUT2D eigenvalue weighted by Crippen LogP contribution is 2.19. The average Bonchev–Trinajstić information content (AvgIpc) is 3.24. The number of rotatable bonds is 7. The Bertz CT molecular complexity index is 743. The van der Waals surface area contributed by atoms with Gasteiger partial charge in [-0.1, -0.05) is 18.2 Å². The fourth-order valence-electron chi connectivity index (χ4n) is 3.29. The SMILES string of the molecule is CCNC(=NCC(O)c1cccc(OC)c1)N1CCN(Cc2cccs2)CC1. The van der Waals surface area contributed by atoms with E-state index in [0.29, 0.717) is 6.54 Å². The van der Waals surface area contributed by atoms with Crippen molar-refractivity contribution in [3.63, 3.8) is 0 Å². The van der Waals surface area contributed by atoms with E-state index in [2.05, 4.69) is 39.6 Å². The van der Waals surface area contributed by atoms with Crippen LogP contribution in [0.5, 0.6) is 5.75 Å². The van der Waals surface area contributed by atoms with Crippen LogP contribution in [-0.4, -0.2) is 67.2 Å². The van der Waals surface area contributed by atoms with Gasteiger partial charge >= 0.3 is 0 Å². The first-order valence-corrected chi connectivity index (χ1v) is 10.7. The first-order chi connectivity index (χ1) is 13.7. The second kappa shape index (κ2) is 10.5. The number of guanidine groups is 1. The van der Waals surface area contributed by atoms with Gasteiger partial charge in [0.25, 0.3) is 0 Å². The molecule has 2 N–H and O–H groups in total. The van der Waals surface area contributed by atoms with Gasteiger partial charge in [0.15, 0.2) is 5.96 Å². The number of ether oxygens (including phenoxy) is 1. The van der Waals surface area contributed by atoms with Crippen LogP contribution in [0.25, 0.3) is 0 Å². The lowest BCUT2D eigenvalue weighted by Crippen LogP contribution is -2.52. The summed E-state index contributed by atoms with van der Waals surface area (Å²) in [7, 11) is 1.63. The van der Waals surface area contributed by atoms with Gasteiger partial charge in [-0.05, 0) is 36.1 Å². The molecule has 0 radical (unpaired) electrons. The number of methoxy groups -OCH3 is 1. The number of hydrogen-bond acceptors (Lipinski definition) is 5. The predicted molar refractivity (Wildman–Crippen MR) is 115 cm³/mol. The predicted octanol–water partition coefficient (Wildman–Crippen LogP) is 2.57. The number of aliphatic imine (C=N–C) groups is 1. The Hall–Kier alpha value is -2.09. The van der Waals surface area contributed by atoms with Crippen molar-refractivity contribution >= 4 is 17.3 Å². The molecule has 0 saturated carbocycles. The Labute approximate surface area is 171 Å². The molecule has 2 heterocycles. The van der Waals surface area contributed by atoms with Crippen LogP contribution in [-0.2, 0) is 6.54 Å². The first kappa shape index (κ1) is 20.6. The summed E-state index contributed by atoms with van der Waals surface area (Å²) in [4.78, 5) is 10.9. The fraction of sp³-hybridized carbons (Fsp3) is 0.476. The van der Waals surface area contributed by atoms with E-state index in [4.69, 9.17) is 9.73 Å². The highest BCUT2D eigenvalue weighted by atomic mass is 32.1. The Balaban J connectivity index is 1.56. The van der Waals surface area contributed by atoms with Gasteiger partial charge < -0.3 is 20.1 Å². The monoisotopic (exact) mass is 402 g/mol. The van der Waals surface area contributed by atoms with Crippen molar-refractivity contribution in [1.82, 2.24) is 15.1 Å². The van der Waals surface area contributed by atoms with Gasteiger partial charge in [0.05, 0.1) is 19.8 Å². The third kappa shape index (κ3) is 5.70. The van der Waals surface area contributed by atoms with E-state index in [-0.39, 0.29) is 0 Å². The number of hydrogen-bond donors (Lipinski definition) is 2. The lowest BCUT2D eigenvalue weighted by atomic mass is 10.1. The molecule has 152 valence electrons. The van der Waals surface area contributed by atoms with E-state index in [1.807, 2.05) is 35.6 Å². The van der Waals surface area contributed by atoms with Gasteiger partial charge in [-0.3, -0.25) is 9.89 Å². The lowest BCUT2D eigenvalue weighted by Gasteiger charge is -2.36. The van der Waals surface area contributed by atoms with Crippen molar-refractivity contribution in [3.8, 4) is 5.75 Å². The number of nitrogens with zero attached hydrogens (tertiary/aromatic N) is 3. The van der Waals surface area contributed by atoms with Crippen LogP contribution in [0.1, 0.15) is 23.5 Å². The largest absolute Gasteiger partial charge is 0.497 e. The molecule has 0 spiro atoms. The molecule has 1 aromatic heterocycles. The number of thiophene rings is 1. The average molecular weight is 403 g/mol. The van der Waals surface area contributed by atoms with E-state index in [1.165, 1.54) is 4.88 Å². The summed E-state index contributed by atoms with van der Waals surface area (Å²) in [5.41, 5.74) is 0.819. The van der Waals surface area contributed by atoms with Crippen molar-refractivity contribution in [3.05, 3.63) is 52.2 Å². The van der Waals surface area contributed by atoms with Gasteiger partial charge in [0.1, 0.15) is 5.75 Å². The molecule has 1 aliphatic heterocycles. The van der Waals surface area contributed by atoms with Crippen LogP contribution >= 0.6 is 11.3 Å². The van der Waals surface area contributed by atoms with Gasteiger partial charge in [-0.15, -0.1) is 11.3 Å². The van der Waals surface area contributed by atoms with Gasteiger partial charge in [-0.2, -0.15) is 0 Å². The third-order valence-electron chi connectivity index (χ3n) is 4.86. The van der Waals surface area contributed by atoms with E-state index < -0.39 is 6.10 Å². The van der Waals surface area contributed by atoms with Crippen LogP contribution in [0.15, 0.2) is 46.8 Å². The van der Waals surface area contributed by atoms with Crippen LogP contribution < -0.4 is 10.1 Å². The quantitative estimate of drug-likeness (QED) is 0.551. The van der Waals surface area contributed by atoms with Crippen molar-refractivity contribution in [2.24, 2.45) is 4.99 Å². The van der Waals surface area contributed by atoms with E-state index in [1.54, 1.807) is 7.11 Å². The molecule has 2 aromatic rings. The molecule has 7 heteroatoms. The molecule has 0 aliphatic carbocycles. The summed E-state index contributed by atoms with van der Waals surface area (Å²) in [6, 6.07) is 11.8. The van der Waals surface area contributed by atoms with E-state index in [0.717, 1.165) is 56.5 Å². The Morgan fingerprint density at radius 2 is 2.07 bits per heavy atom. The second-order valence-electron chi connectivity index (χ2n) is 6.83. The van der Waals surface area contributed by atoms with E-state index >= 15 is 0 Å². The van der Waals surface area contributed by atoms with Crippen molar-refractivity contribution < 1.29 is 9.84 Å². The topological polar surface area (TPSA) is 60.3 Å². The Kier molecular flexibility index (Phi) is 7.71. The van der Waals surface area contributed by atoms with Crippen molar-refractivity contribution in [1.29, 1.82) is 0 Å². The molecule has 28 heavy (non-hydrogen) atoms. The minimum Gasteiger partial charge on any atom is -0.497 e. The lowest BCUT2D eigenvalue weighted by molar-refractivity contribution is 0.170. The molecule has 1 fully saturated rings. The summed E-state index contributed by atoms with van der Waals surface area (Å²) >= 11 is 1.82. The summed E-state index contributed by atoms with van der Waals surface area (Å²) in [6.45, 7) is 8.13. The molecular formula is C21H30N4O2S. The molecule has 1 unspecified atom stereocenters. The number of benzene rings is 1. The number of piperazine rings is 1. The maximum atomic E-state index is 10.5. The molecule has 1 aromatic carbocycles. The maximum Gasteiger partial charge on any atom is 0.194 e. The summed E-state index contributed by atoms with van der Waals surface area (Å²) in [6.07, 6.45) is -0.649. The molecule has 1 atom stereocenters. The zero-order valence-corrected chi connectivity index (χ0v) is 17.5. The normalized spacial score (nSPS) is 16.8. The second-order valence-corrected chi connectivity index (χ2v) is 7.86. The van der Waals surface area contributed by atoms with Gasteiger partial charge in [0, 0.05) is 44.1 Å². The molecule has 1 aliphatic rings. The van der Waals surface area contributed by atoms with Crippen LogP contribution in [0.3, 0.4) is 0 Å². The molecule has 1 saturated heterocycles. The van der Waals surface area contributed by atoms with Crippen molar-refractivity contribution in [2.45, 2.75) is 19.6 Å². The standard InChI is InChI=1S/C21H30N4O2S/c1-3-22-21(23-15-20(26)17-6-4-7-18(14-17)27-2)25-11-9-24(10-12-25)16-19-8-5-13-28-19/h4-8,13-14,20,26H,3,9-12,15-16H2,1-2H3,(H,22,23). The fourth-order valence-corrected chi connectivity index (χ4v) is 4.04. The zero-order chi connectivity index (χ0) is 19.8. The van der Waals surface area contributed by atoms with Crippen LogP contribution in [0.2, 0.25) is 0 Å². The van der Waals surface area contributed by atoms with Crippen LogP contribution in [0, 0.1) is 0 Å². The molecular weight excluding hydrogens is 372 g/mol. The summed E-state index contributed by atoms with van der Waals surface area (Å²) in [5.74, 6) is 1.62. The molecule has 6 nitrogen and oxygen atoms in total. The maximum absolute atomic E-state index is 10.5. The van der Waals surface area contributed by atoms with E-state index in [9.17, 15) is 5.11 Å². The van der Waals surface area contributed by atoms with Crippen molar-refractivity contribution in [2.75, 3.05) is 46.4 Å². The molecule has 0 bridgehead atoms. The summed E-state index contributed by atoms with van der Waals surface area (Å²) in [5, 5.41) is 16.0. The van der Waals surface area contributed by atoms with Gasteiger partial charge in [-0.25, -0.2) is 0 Å². The Morgan fingerprint density at radius 3 is 2.75 bits per heavy atom. The number of nitrogens with one attached hydrogen (secondary N) is 1. The highest BCUT2D eigenvalue weighted by molar-refractivity contribution is 7.09. The zero-order valence-electron chi connectivity index (χ0n) is 16.7. The molecule has 3 rings (SSSR count). The molecule has 0 amide bonds. The Morgan fingerprint density at radius 1 is 1.25 bits per heavy atom. The minimum atomic E-state index is -0.649. The summed E-state index contributed by atoms with van der Waals surface area (Å²) < 4.78 is 5.24. The minimum absolute atomic E-state index is 0.324. The third-order valence-corrected chi connectivity index (χ3v) is 5.72. The highest BCUT2D eigenvalue weighted by Gasteiger charge is 2.20. The van der Waals surface area contributed by atoms with Gasteiger partial charge in [0.2, 0.25) is 0 Å². The van der Waals surface area contributed by atoms with Crippen LogP contribution in [0.4, 0.5) is 0 Å². The number of aliphatic hydroxyl groups is 1. The number of aliphatic hydroxyl groups excluding tert-OH is 1. The first-order valence-electron chi connectivity index (χ1n) is 9.79. The smallest absolute Gasteiger partial charge is 0.194 e.